The lowest BCUT2D eigenvalue weighted by molar-refractivity contribution is -0.127. The van der Waals surface area contributed by atoms with E-state index in [0.29, 0.717) is 12.0 Å². The highest BCUT2D eigenvalue weighted by molar-refractivity contribution is 5.94. The number of amides is 1. The summed E-state index contributed by atoms with van der Waals surface area (Å²) < 4.78 is 5.46. The zero-order valence-electron chi connectivity index (χ0n) is 17.4. The van der Waals surface area contributed by atoms with Crippen LogP contribution in [0.4, 0.5) is 5.69 Å². The van der Waals surface area contributed by atoms with E-state index in [4.69, 9.17) is 11.2 Å². The number of fused-ring (bicyclic) bond motifs is 3. The molecule has 2 aromatic carbocycles. The molecule has 5 heteroatoms. The van der Waals surface area contributed by atoms with E-state index in [-0.39, 0.29) is 11.9 Å². The van der Waals surface area contributed by atoms with Crippen LogP contribution in [-0.4, -0.2) is 48.6 Å². The van der Waals surface area contributed by atoms with Crippen molar-refractivity contribution >= 4 is 22.5 Å². The van der Waals surface area contributed by atoms with Crippen molar-refractivity contribution in [2.45, 2.75) is 18.9 Å². The second kappa shape index (κ2) is 6.90. The summed E-state index contributed by atoms with van der Waals surface area (Å²) in [4.78, 5) is 20.5. The van der Waals surface area contributed by atoms with Crippen molar-refractivity contribution in [1.29, 1.82) is 0 Å². The molecule has 1 unspecified atom stereocenters. The zero-order valence-corrected chi connectivity index (χ0v) is 17.4. The fourth-order valence-corrected chi connectivity index (χ4v) is 5.54. The topological polar surface area (TPSA) is 48.6 Å². The van der Waals surface area contributed by atoms with Crippen molar-refractivity contribution in [3.63, 3.8) is 0 Å². The molecule has 2 saturated heterocycles. The molecule has 1 amide bonds. The fraction of sp³-hybridized carbons (Fsp3) is 0.346. The molecule has 0 radical (unpaired) electrons. The third-order valence-corrected chi connectivity index (χ3v) is 7.25. The van der Waals surface area contributed by atoms with E-state index in [9.17, 15) is 4.79 Å². The van der Waals surface area contributed by atoms with E-state index in [1.165, 1.54) is 23.1 Å². The third-order valence-electron chi connectivity index (χ3n) is 7.25. The van der Waals surface area contributed by atoms with Gasteiger partial charge < -0.3 is 19.5 Å². The van der Waals surface area contributed by atoms with Gasteiger partial charge in [-0.25, -0.2) is 0 Å². The first-order valence-electron chi connectivity index (χ1n) is 11.0. The standard InChI is InChI=1S/C26H25N3O2/c1-2-23(30)29-13-11-21-20-5-3-4-6-22(20)27-24(21)25(29)18-7-9-19(10-8-18)28-14-12-26(15-28)16-31-17-26/h1,3-10,25,27H,11-17H2. The molecule has 31 heavy (non-hydrogen) atoms. The number of carbonyl (C=O) groups excluding carboxylic acids is 1. The van der Waals surface area contributed by atoms with Gasteiger partial charge in [-0.2, -0.15) is 0 Å². The van der Waals surface area contributed by atoms with Crippen molar-refractivity contribution in [1.82, 2.24) is 9.88 Å². The van der Waals surface area contributed by atoms with E-state index < -0.39 is 0 Å². The predicted molar refractivity (Wildman–Crippen MR) is 121 cm³/mol. The van der Waals surface area contributed by atoms with Gasteiger partial charge >= 0.3 is 0 Å². The minimum Gasteiger partial charge on any atom is -0.380 e. The highest BCUT2D eigenvalue weighted by Gasteiger charge is 2.44. The molecular formula is C26H25N3O2. The van der Waals surface area contributed by atoms with Gasteiger partial charge in [-0.15, -0.1) is 6.42 Å². The summed E-state index contributed by atoms with van der Waals surface area (Å²) in [6, 6.07) is 16.8. The molecule has 3 aliphatic heterocycles. The Labute approximate surface area is 182 Å². The average Bonchev–Trinajstić information content (AvgIpc) is 3.40. The van der Waals surface area contributed by atoms with Crippen LogP contribution in [0.2, 0.25) is 0 Å². The molecule has 1 spiro atoms. The maximum absolute atomic E-state index is 12.6. The van der Waals surface area contributed by atoms with E-state index in [1.54, 1.807) is 0 Å². The maximum Gasteiger partial charge on any atom is 0.299 e. The summed E-state index contributed by atoms with van der Waals surface area (Å²) >= 11 is 0. The summed E-state index contributed by atoms with van der Waals surface area (Å²) in [5, 5.41) is 1.23. The number of anilines is 1. The Kier molecular flexibility index (Phi) is 4.12. The van der Waals surface area contributed by atoms with Gasteiger partial charge in [-0.3, -0.25) is 4.79 Å². The van der Waals surface area contributed by atoms with E-state index in [2.05, 4.69) is 58.3 Å². The lowest BCUT2D eigenvalue weighted by atomic mass is 9.85. The van der Waals surface area contributed by atoms with Crippen LogP contribution in [-0.2, 0) is 16.0 Å². The Hall–Kier alpha value is -3.23. The molecule has 1 aromatic heterocycles. The van der Waals surface area contributed by atoms with Crippen molar-refractivity contribution in [2.75, 3.05) is 37.7 Å². The SMILES string of the molecule is C#CC(=O)N1CCc2c([nH]c3ccccc23)C1c1ccc(N2CCC3(COC3)C2)cc1. The minimum atomic E-state index is -0.259. The third kappa shape index (κ3) is 2.86. The molecule has 156 valence electrons. The number of nitrogens with zero attached hydrogens (tertiary/aromatic N) is 2. The van der Waals surface area contributed by atoms with Crippen LogP contribution >= 0.6 is 0 Å². The quantitative estimate of drug-likeness (QED) is 0.657. The molecule has 3 aromatic rings. The number of aromatic nitrogens is 1. The van der Waals surface area contributed by atoms with Crippen molar-refractivity contribution in [3.05, 3.63) is 65.4 Å². The minimum absolute atomic E-state index is 0.196. The number of ether oxygens (including phenoxy) is 1. The van der Waals surface area contributed by atoms with Crippen molar-refractivity contribution in [2.24, 2.45) is 5.41 Å². The summed E-state index contributed by atoms with van der Waals surface area (Å²) in [6.07, 6.45) is 7.52. The van der Waals surface area contributed by atoms with E-state index in [0.717, 1.165) is 49.5 Å². The lowest BCUT2D eigenvalue weighted by Crippen LogP contribution is -2.44. The normalized spacial score (nSPS) is 21.7. The lowest BCUT2D eigenvalue weighted by Gasteiger charge is -2.38. The molecular weight excluding hydrogens is 386 g/mol. The van der Waals surface area contributed by atoms with E-state index in [1.807, 2.05) is 11.0 Å². The molecule has 1 N–H and O–H groups in total. The Balaban J connectivity index is 1.37. The van der Waals surface area contributed by atoms with Crippen molar-refractivity contribution in [3.8, 4) is 12.3 Å². The summed E-state index contributed by atoms with van der Waals surface area (Å²) in [6.45, 7) is 4.52. The van der Waals surface area contributed by atoms with Gasteiger partial charge in [0.25, 0.3) is 5.91 Å². The van der Waals surface area contributed by atoms with Gasteiger partial charge in [0.2, 0.25) is 0 Å². The highest BCUT2D eigenvalue weighted by Crippen LogP contribution is 2.41. The number of para-hydroxylation sites is 1. The molecule has 5 nitrogen and oxygen atoms in total. The van der Waals surface area contributed by atoms with Crippen molar-refractivity contribution < 1.29 is 9.53 Å². The maximum atomic E-state index is 12.6. The van der Waals surface area contributed by atoms with Crippen LogP contribution < -0.4 is 4.90 Å². The first-order chi connectivity index (χ1) is 15.2. The molecule has 4 heterocycles. The number of rotatable bonds is 2. The number of benzene rings is 2. The molecule has 1 atom stereocenters. The monoisotopic (exact) mass is 411 g/mol. The van der Waals surface area contributed by atoms with Gasteiger partial charge in [0, 0.05) is 47.3 Å². The van der Waals surface area contributed by atoms with Gasteiger partial charge in [0.15, 0.2) is 0 Å². The summed E-state index contributed by atoms with van der Waals surface area (Å²) in [5.74, 6) is 2.07. The smallest absolute Gasteiger partial charge is 0.299 e. The summed E-state index contributed by atoms with van der Waals surface area (Å²) in [5.41, 5.74) is 6.15. The van der Waals surface area contributed by atoms with Gasteiger partial charge in [0.1, 0.15) is 0 Å². The number of terminal acetylenes is 1. The Morgan fingerprint density at radius 3 is 2.65 bits per heavy atom. The van der Waals surface area contributed by atoms with Crippen LogP contribution in [0.5, 0.6) is 0 Å². The van der Waals surface area contributed by atoms with Crippen LogP contribution in [0.25, 0.3) is 10.9 Å². The van der Waals surface area contributed by atoms with Crippen LogP contribution in [0.3, 0.4) is 0 Å². The Morgan fingerprint density at radius 1 is 1.13 bits per heavy atom. The first-order valence-corrected chi connectivity index (χ1v) is 11.0. The number of hydrogen-bond acceptors (Lipinski definition) is 3. The number of carbonyl (C=O) groups is 1. The van der Waals surface area contributed by atoms with Gasteiger partial charge in [0.05, 0.1) is 19.3 Å². The Bertz CT molecular complexity index is 1200. The second-order valence-corrected chi connectivity index (χ2v) is 9.11. The summed E-state index contributed by atoms with van der Waals surface area (Å²) in [7, 11) is 0. The number of aromatic amines is 1. The van der Waals surface area contributed by atoms with Crippen LogP contribution in [0.1, 0.15) is 29.3 Å². The number of hydrogen-bond donors (Lipinski definition) is 1. The largest absolute Gasteiger partial charge is 0.380 e. The molecule has 0 aliphatic carbocycles. The molecule has 6 rings (SSSR count). The highest BCUT2D eigenvalue weighted by atomic mass is 16.5. The molecule has 0 bridgehead atoms. The average molecular weight is 412 g/mol. The molecule has 0 saturated carbocycles. The van der Waals surface area contributed by atoms with E-state index >= 15 is 0 Å². The number of H-pyrrole nitrogens is 1. The fourth-order valence-electron chi connectivity index (χ4n) is 5.54. The van der Waals surface area contributed by atoms with Crippen LogP contribution in [0, 0.1) is 17.8 Å². The molecule has 3 aliphatic rings. The van der Waals surface area contributed by atoms with Gasteiger partial charge in [-0.05, 0) is 48.1 Å². The zero-order chi connectivity index (χ0) is 21.0. The van der Waals surface area contributed by atoms with Gasteiger partial charge in [-0.1, -0.05) is 30.3 Å². The number of nitrogens with one attached hydrogen (secondary N) is 1. The predicted octanol–water partition coefficient (Wildman–Crippen LogP) is 3.50. The first kappa shape index (κ1) is 18.5. The Morgan fingerprint density at radius 2 is 1.94 bits per heavy atom. The second-order valence-electron chi connectivity index (χ2n) is 9.11. The molecule has 2 fully saturated rings. The van der Waals surface area contributed by atoms with Crippen LogP contribution in [0.15, 0.2) is 48.5 Å².